The van der Waals surface area contributed by atoms with Crippen LogP contribution in [0.4, 0.5) is 0 Å². The third-order valence-electron chi connectivity index (χ3n) is 4.43. The topological polar surface area (TPSA) is 63.2 Å². The molecular weight excluding hydrogens is 314 g/mol. The van der Waals surface area contributed by atoms with Gasteiger partial charge < -0.3 is 15.4 Å². The fourth-order valence-electron chi connectivity index (χ4n) is 2.95. The summed E-state index contributed by atoms with van der Waals surface area (Å²) in [5, 5.41) is 6.42. The van der Waals surface area contributed by atoms with Crippen molar-refractivity contribution >= 4 is 5.91 Å². The molecule has 0 spiro atoms. The van der Waals surface area contributed by atoms with E-state index in [1.807, 2.05) is 43.3 Å². The number of carbonyl (C=O) groups excluding carboxylic acids is 1. The Morgan fingerprint density at radius 1 is 1.36 bits per heavy atom. The second-order valence-corrected chi connectivity index (χ2v) is 6.55. The maximum Gasteiger partial charge on any atom is 0.251 e. The maximum absolute atomic E-state index is 12.4. The average Bonchev–Trinajstić information content (AvgIpc) is 2.67. The van der Waals surface area contributed by atoms with E-state index in [-0.39, 0.29) is 5.91 Å². The molecule has 1 aliphatic rings. The minimum absolute atomic E-state index is 0.0237. The summed E-state index contributed by atoms with van der Waals surface area (Å²) in [6, 6.07) is 11.4. The Hall–Kier alpha value is -2.40. The highest BCUT2D eigenvalue weighted by atomic mass is 16.5. The van der Waals surface area contributed by atoms with Crippen LogP contribution in [0.1, 0.15) is 34.5 Å². The summed E-state index contributed by atoms with van der Waals surface area (Å²) in [7, 11) is 0. The van der Waals surface area contributed by atoms with Crippen molar-refractivity contribution in [2.75, 3.05) is 19.6 Å². The summed E-state index contributed by atoms with van der Waals surface area (Å²) in [5.41, 5.74) is 2.60. The molecule has 2 heterocycles. The molecule has 1 aromatic carbocycles. The van der Waals surface area contributed by atoms with E-state index in [9.17, 15) is 4.79 Å². The van der Waals surface area contributed by atoms with Gasteiger partial charge in [-0.05, 0) is 68.6 Å². The number of hydrogen-bond donors (Lipinski definition) is 2. The summed E-state index contributed by atoms with van der Waals surface area (Å²) in [4.78, 5) is 16.6. The number of nitrogens with one attached hydrogen (secondary N) is 2. The van der Waals surface area contributed by atoms with Crippen LogP contribution >= 0.6 is 0 Å². The van der Waals surface area contributed by atoms with Crippen LogP contribution in [-0.4, -0.2) is 30.5 Å². The van der Waals surface area contributed by atoms with Gasteiger partial charge in [0.05, 0.1) is 6.20 Å². The monoisotopic (exact) mass is 339 g/mol. The second-order valence-electron chi connectivity index (χ2n) is 6.55. The molecule has 1 atom stereocenters. The van der Waals surface area contributed by atoms with Gasteiger partial charge in [0.1, 0.15) is 12.4 Å². The van der Waals surface area contributed by atoms with E-state index in [1.54, 1.807) is 6.20 Å². The first-order valence-corrected chi connectivity index (χ1v) is 8.84. The van der Waals surface area contributed by atoms with Crippen LogP contribution in [0.15, 0.2) is 42.6 Å². The van der Waals surface area contributed by atoms with Gasteiger partial charge in [-0.15, -0.1) is 0 Å². The normalized spacial score (nSPS) is 17.1. The zero-order valence-corrected chi connectivity index (χ0v) is 14.6. The van der Waals surface area contributed by atoms with Crippen molar-refractivity contribution in [3.8, 4) is 5.75 Å². The Balaban J connectivity index is 1.53. The molecular formula is C20H25N3O2. The van der Waals surface area contributed by atoms with Crippen LogP contribution < -0.4 is 15.4 Å². The number of pyridine rings is 1. The number of aromatic nitrogens is 1. The zero-order valence-electron chi connectivity index (χ0n) is 14.6. The van der Waals surface area contributed by atoms with Crippen LogP contribution in [0.25, 0.3) is 0 Å². The first kappa shape index (κ1) is 17.4. The van der Waals surface area contributed by atoms with Gasteiger partial charge in [-0.3, -0.25) is 9.78 Å². The van der Waals surface area contributed by atoms with E-state index >= 15 is 0 Å². The molecule has 0 saturated carbocycles. The Morgan fingerprint density at radius 2 is 2.28 bits per heavy atom. The fraction of sp³-hybridized carbons (Fsp3) is 0.400. The number of ether oxygens (including phenoxy) is 1. The second kappa shape index (κ2) is 8.62. The maximum atomic E-state index is 12.4. The number of aryl methyl sites for hydroxylation is 1. The smallest absolute Gasteiger partial charge is 0.251 e. The lowest BCUT2D eigenvalue weighted by Crippen LogP contribution is -2.38. The average molecular weight is 339 g/mol. The molecule has 5 heteroatoms. The van der Waals surface area contributed by atoms with Gasteiger partial charge in [0.15, 0.2) is 0 Å². The van der Waals surface area contributed by atoms with Gasteiger partial charge in [-0.2, -0.15) is 0 Å². The van der Waals surface area contributed by atoms with Gasteiger partial charge in [0, 0.05) is 17.8 Å². The van der Waals surface area contributed by atoms with E-state index < -0.39 is 0 Å². The van der Waals surface area contributed by atoms with E-state index in [1.165, 1.54) is 12.8 Å². The number of rotatable bonds is 6. The van der Waals surface area contributed by atoms with Gasteiger partial charge in [-0.25, -0.2) is 0 Å². The highest BCUT2D eigenvalue weighted by molar-refractivity contribution is 5.94. The predicted octanol–water partition coefficient (Wildman–Crippen LogP) is 2.70. The first-order valence-electron chi connectivity index (χ1n) is 8.84. The molecule has 2 N–H and O–H groups in total. The zero-order chi connectivity index (χ0) is 17.5. The van der Waals surface area contributed by atoms with E-state index in [4.69, 9.17) is 4.74 Å². The van der Waals surface area contributed by atoms with Crippen molar-refractivity contribution in [3.05, 3.63) is 59.4 Å². The van der Waals surface area contributed by atoms with Gasteiger partial charge in [-0.1, -0.05) is 12.1 Å². The number of benzene rings is 1. The molecule has 1 saturated heterocycles. The highest BCUT2D eigenvalue weighted by Gasteiger charge is 2.14. The standard InChI is InChI=1S/C20H25N3O2/c1-15-7-8-19(13-22-15)25-14-16-4-2-6-18(10-16)20(24)23-12-17-5-3-9-21-11-17/h2,4,6-8,10,13,17,21H,3,5,9,11-12,14H2,1H3,(H,23,24). The quantitative estimate of drug-likeness (QED) is 0.849. The number of carbonyl (C=O) groups is 1. The van der Waals surface area contributed by atoms with E-state index in [2.05, 4.69) is 15.6 Å². The lowest BCUT2D eigenvalue weighted by Gasteiger charge is -2.22. The molecule has 1 aromatic heterocycles. The number of piperidine rings is 1. The SMILES string of the molecule is Cc1ccc(OCc2cccc(C(=O)NCC3CCCNC3)c2)cn1. The van der Waals surface area contributed by atoms with E-state index in [0.717, 1.165) is 36.6 Å². The molecule has 25 heavy (non-hydrogen) atoms. The molecule has 1 aliphatic heterocycles. The summed E-state index contributed by atoms with van der Waals surface area (Å²) in [6.07, 6.45) is 4.07. The Kier molecular flexibility index (Phi) is 6.01. The molecule has 5 nitrogen and oxygen atoms in total. The first-order chi connectivity index (χ1) is 12.2. The molecule has 0 bridgehead atoms. The van der Waals surface area contributed by atoms with Crippen LogP contribution in [0.3, 0.4) is 0 Å². The van der Waals surface area contributed by atoms with Crippen molar-refractivity contribution in [3.63, 3.8) is 0 Å². The number of amides is 1. The van der Waals surface area contributed by atoms with Gasteiger partial charge >= 0.3 is 0 Å². The third kappa shape index (κ3) is 5.29. The van der Waals surface area contributed by atoms with Crippen LogP contribution in [-0.2, 0) is 6.61 Å². The minimum atomic E-state index is -0.0237. The van der Waals surface area contributed by atoms with Crippen molar-refractivity contribution in [1.29, 1.82) is 0 Å². The molecule has 1 fully saturated rings. The lowest BCUT2D eigenvalue weighted by molar-refractivity contribution is 0.0944. The molecule has 2 aromatic rings. The van der Waals surface area contributed by atoms with Crippen LogP contribution in [0, 0.1) is 12.8 Å². The molecule has 0 radical (unpaired) electrons. The highest BCUT2D eigenvalue weighted by Crippen LogP contribution is 2.13. The Morgan fingerprint density at radius 3 is 3.04 bits per heavy atom. The third-order valence-corrected chi connectivity index (χ3v) is 4.43. The number of hydrogen-bond acceptors (Lipinski definition) is 4. The predicted molar refractivity (Wildman–Crippen MR) is 97.7 cm³/mol. The molecule has 1 unspecified atom stereocenters. The molecule has 132 valence electrons. The summed E-state index contributed by atoms with van der Waals surface area (Å²) < 4.78 is 5.73. The summed E-state index contributed by atoms with van der Waals surface area (Å²) >= 11 is 0. The largest absolute Gasteiger partial charge is 0.487 e. The summed E-state index contributed by atoms with van der Waals surface area (Å²) in [6.45, 7) is 5.15. The fourth-order valence-corrected chi connectivity index (χ4v) is 2.95. The minimum Gasteiger partial charge on any atom is -0.487 e. The molecule has 1 amide bonds. The number of nitrogens with zero attached hydrogens (tertiary/aromatic N) is 1. The van der Waals surface area contributed by atoms with Crippen molar-refractivity contribution in [2.24, 2.45) is 5.92 Å². The summed E-state index contributed by atoms with van der Waals surface area (Å²) in [5.74, 6) is 1.23. The van der Waals surface area contributed by atoms with E-state index in [0.29, 0.717) is 18.1 Å². The van der Waals surface area contributed by atoms with Crippen LogP contribution in [0.2, 0.25) is 0 Å². The van der Waals surface area contributed by atoms with Crippen molar-refractivity contribution in [2.45, 2.75) is 26.4 Å². The lowest BCUT2D eigenvalue weighted by atomic mass is 9.99. The van der Waals surface area contributed by atoms with Gasteiger partial charge in [0.25, 0.3) is 5.91 Å². The van der Waals surface area contributed by atoms with Crippen LogP contribution in [0.5, 0.6) is 5.75 Å². The molecule has 0 aliphatic carbocycles. The van der Waals surface area contributed by atoms with Gasteiger partial charge in [0.2, 0.25) is 0 Å². The Labute approximate surface area is 148 Å². The molecule has 3 rings (SSSR count). The van der Waals surface area contributed by atoms with Crippen molar-refractivity contribution < 1.29 is 9.53 Å². The Bertz CT molecular complexity index is 694. The van der Waals surface area contributed by atoms with Crippen molar-refractivity contribution in [1.82, 2.24) is 15.6 Å².